The molecule has 2 amide bonds. The highest BCUT2D eigenvalue weighted by Gasteiger charge is 2.14. The number of halogens is 2. The first-order chi connectivity index (χ1) is 11.9. The Kier molecular flexibility index (Phi) is 4.68. The molecule has 3 rings (SSSR count). The van der Waals surface area contributed by atoms with Gasteiger partial charge in [-0.15, -0.1) is 0 Å². The molecule has 9 heteroatoms. The van der Waals surface area contributed by atoms with Crippen molar-refractivity contribution >= 4 is 63.9 Å². The van der Waals surface area contributed by atoms with Gasteiger partial charge in [-0.1, -0.05) is 23.2 Å². The molecule has 3 aromatic rings. The lowest BCUT2D eigenvalue weighted by molar-refractivity contribution is 0.262. The lowest BCUT2D eigenvalue weighted by Gasteiger charge is -2.10. The van der Waals surface area contributed by atoms with Crippen LogP contribution >= 0.6 is 35.4 Å². The summed E-state index contributed by atoms with van der Waals surface area (Å²) in [5, 5.41) is 15.4. The first-order valence-electron chi connectivity index (χ1n) is 7.05. The number of fused-ring (bicyclic) bond motifs is 1. The zero-order valence-corrected chi connectivity index (χ0v) is 15.2. The van der Waals surface area contributed by atoms with Gasteiger partial charge < -0.3 is 20.2 Å². The smallest absolute Gasteiger partial charge is 0.323 e. The van der Waals surface area contributed by atoms with Crippen molar-refractivity contribution in [3.8, 4) is 6.07 Å². The number of aromatic amines is 1. The number of anilines is 2. The molecule has 0 unspecified atom stereocenters. The summed E-state index contributed by atoms with van der Waals surface area (Å²) in [4.78, 5) is 15.3. The molecule has 0 atom stereocenters. The number of aromatic nitrogens is 2. The van der Waals surface area contributed by atoms with Crippen LogP contribution in [0.25, 0.3) is 11.0 Å². The summed E-state index contributed by atoms with van der Waals surface area (Å²) < 4.78 is 2.13. The fourth-order valence-corrected chi connectivity index (χ4v) is 3.07. The average molecular weight is 392 g/mol. The van der Waals surface area contributed by atoms with Gasteiger partial charge >= 0.3 is 6.03 Å². The van der Waals surface area contributed by atoms with Crippen LogP contribution in [0.15, 0.2) is 30.3 Å². The van der Waals surface area contributed by atoms with Gasteiger partial charge in [-0.25, -0.2) is 4.79 Å². The number of imidazole rings is 1. The zero-order chi connectivity index (χ0) is 18.1. The first-order valence-corrected chi connectivity index (χ1v) is 8.22. The van der Waals surface area contributed by atoms with Gasteiger partial charge in [0.2, 0.25) is 0 Å². The third-order valence-corrected chi connectivity index (χ3v) is 4.52. The Balaban J connectivity index is 1.93. The van der Waals surface area contributed by atoms with Crippen LogP contribution < -0.4 is 10.6 Å². The Morgan fingerprint density at radius 3 is 2.60 bits per heavy atom. The molecule has 0 saturated heterocycles. The van der Waals surface area contributed by atoms with E-state index in [1.54, 1.807) is 35.9 Å². The van der Waals surface area contributed by atoms with E-state index in [1.165, 1.54) is 6.07 Å². The molecule has 126 valence electrons. The fraction of sp³-hybridized carbons (Fsp3) is 0.0625. The van der Waals surface area contributed by atoms with Gasteiger partial charge in [0.1, 0.15) is 6.07 Å². The first kappa shape index (κ1) is 17.3. The van der Waals surface area contributed by atoms with Crippen LogP contribution in [-0.4, -0.2) is 15.6 Å². The summed E-state index contributed by atoms with van der Waals surface area (Å²) in [5.74, 6) is 0. The average Bonchev–Trinajstić information content (AvgIpc) is 2.87. The van der Waals surface area contributed by atoms with E-state index >= 15 is 0 Å². The Labute approximate surface area is 158 Å². The minimum Gasteiger partial charge on any atom is -0.329 e. The van der Waals surface area contributed by atoms with E-state index in [-0.39, 0.29) is 0 Å². The number of benzene rings is 2. The van der Waals surface area contributed by atoms with E-state index in [9.17, 15) is 10.1 Å². The molecule has 1 heterocycles. The van der Waals surface area contributed by atoms with Gasteiger partial charge in [-0.05, 0) is 42.5 Å². The van der Waals surface area contributed by atoms with E-state index in [1.807, 2.05) is 0 Å². The molecule has 0 spiro atoms. The number of H-pyrrole nitrogens is 1. The number of aryl methyl sites for hydroxylation is 1. The number of hydrogen-bond donors (Lipinski definition) is 3. The molecule has 0 aliphatic heterocycles. The van der Waals surface area contributed by atoms with Crippen LogP contribution in [-0.2, 0) is 7.05 Å². The monoisotopic (exact) mass is 391 g/mol. The third kappa shape index (κ3) is 3.33. The number of amides is 2. The molecular weight excluding hydrogens is 381 g/mol. The SMILES string of the molecule is Cn1c(=S)[nH]c2c(NC(=O)Nc3ccc(Cl)cc3Cl)ccc(C#N)c21. The maximum absolute atomic E-state index is 12.3. The van der Waals surface area contributed by atoms with Crippen molar-refractivity contribution < 1.29 is 4.79 Å². The van der Waals surface area contributed by atoms with Gasteiger partial charge in [0.25, 0.3) is 0 Å². The van der Waals surface area contributed by atoms with Crippen LogP contribution in [0.5, 0.6) is 0 Å². The normalized spacial score (nSPS) is 10.5. The number of nitrogens with one attached hydrogen (secondary N) is 3. The largest absolute Gasteiger partial charge is 0.329 e. The Morgan fingerprint density at radius 1 is 1.24 bits per heavy atom. The van der Waals surface area contributed by atoms with Crippen molar-refractivity contribution in [3.63, 3.8) is 0 Å². The van der Waals surface area contributed by atoms with Crippen molar-refractivity contribution in [1.29, 1.82) is 5.26 Å². The molecule has 3 N–H and O–H groups in total. The fourth-order valence-electron chi connectivity index (χ4n) is 2.42. The number of hydrogen-bond acceptors (Lipinski definition) is 3. The van der Waals surface area contributed by atoms with Gasteiger partial charge in [-0.3, -0.25) is 0 Å². The van der Waals surface area contributed by atoms with Gasteiger partial charge in [-0.2, -0.15) is 5.26 Å². The Bertz CT molecular complexity index is 1100. The second-order valence-corrected chi connectivity index (χ2v) is 6.42. The second kappa shape index (κ2) is 6.76. The Morgan fingerprint density at radius 2 is 1.92 bits per heavy atom. The summed E-state index contributed by atoms with van der Waals surface area (Å²) >= 11 is 17.1. The second-order valence-electron chi connectivity index (χ2n) is 5.19. The maximum Gasteiger partial charge on any atom is 0.323 e. The van der Waals surface area contributed by atoms with E-state index in [0.29, 0.717) is 42.8 Å². The number of urea groups is 1. The Hall–Kier alpha value is -2.53. The molecule has 2 aromatic carbocycles. The number of rotatable bonds is 2. The number of carbonyl (C=O) groups excluding carboxylic acids is 1. The van der Waals surface area contributed by atoms with Gasteiger partial charge in [0.05, 0.1) is 33.0 Å². The number of nitrogens with zero attached hydrogens (tertiary/aromatic N) is 2. The van der Waals surface area contributed by atoms with Crippen molar-refractivity contribution in [2.75, 3.05) is 10.6 Å². The van der Waals surface area contributed by atoms with E-state index < -0.39 is 6.03 Å². The van der Waals surface area contributed by atoms with Crippen molar-refractivity contribution in [1.82, 2.24) is 9.55 Å². The van der Waals surface area contributed by atoms with Gasteiger partial charge in [0, 0.05) is 12.1 Å². The van der Waals surface area contributed by atoms with Crippen molar-refractivity contribution in [3.05, 3.63) is 50.7 Å². The van der Waals surface area contributed by atoms with Crippen LogP contribution in [0.2, 0.25) is 10.0 Å². The van der Waals surface area contributed by atoms with Crippen LogP contribution in [0.3, 0.4) is 0 Å². The maximum atomic E-state index is 12.3. The molecule has 0 aliphatic carbocycles. The standard InChI is InChI=1S/C16H11Cl2N5OS/c1-23-14-8(7-19)2-4-12(13(14)22-16(23)25)21-15(24)20-11-5-3-9(17)6-10(11)18/h2-6H,1H3,(H,22,25)(H2,20,21,24). The van der Waals surface area contributed by atoms with E-state index in [0.717, 1.165) is 0 Å². The third-order valence-electron chi connectivity index (χ3n) is 3.60. The van der Waals surface area contributed by atoms with E-state index in [2.05, 4.69) is 21.7 Å². The lowest BCUT2D eigenvalue weighted by atomic mass is 10.1. The quantitative estimate of drug-likeness (QED) is 0.533. The molecule has 0 saturated carbocycles. The summed E-state index contributed by atoms with van der Waals surface area (Å²) in [7, 11) is 1.75. The van der Waals surface area contributed by atoms with Crippen molar-refractivity contribution in [2.45, 2.75) is 0 Å². The predicted octanol–water partition coefficient (Wildman–Crippen LogP) is 5.06. The molecule has 0 fully saturated rings. The van der Waals surface area contributed by atoms with E-state index in [4.69, 9.17) is 35.4 Å². The van der Waals surface area contributed by atoms with Crippen molar-refractivity contribution in [2.24, 2.45) is 7.05 Å². The highest BCUT2D eigenvalue weighted by atomic mass is 35.5. The molecule has 0 aliphatic rings. The molecule has 6 nitrogen and oxygen atoms in total. The lowest BCUT2D eigenvalue weighted by Crippen LogP contribution is -2.19. The molecule has 0 bridgehead atoms. The summed E-state index contributed by atoms with van der Waals surface area (Å²) in [6.45, 7) is 0. The molecular formula is C16H11Cl2N5OS. The number of carbonyl (C=O) groups is 1. The van der Waals surface area contributed by atoms with Crippen LogP contribution in [0.1, 0.15) is 5.56 Å². The summed E-state index contributed by atoms with van der Waals surface area (Å²) in [6, 6.07) is 9.64. The molecule has 0 radical (unpaired) electrons. The predicted molar refractivity (Wildman–Crippen MR) is 102 cm³/mol. The zero-order valence-electron chi connectivity index (χ0n) is 12.9. The molecule has 25 heavy (non-hydrogen) atoms. The minimum absolute atomic E-state index is 0.326. The van der Waals surface area contributed by atoms with Gasteiger partial charge in [0.15, 0.2) is 4.77 Å². The summed E-state index contributed by atoms with van der Waals surface area (Å²) in [6.07, 6.45) is 0. The number of nitriles is 1. The summed E-state index contributed by atoms with van der Waals surface area (Å²) in [5.41, 5.74) is 2.56. The van der Waals surface area contributed by atoms with Crippen LogP contribution in [0, 0.1) is 16.1 Å². The molecule has 1 aromatic heterocycles. The highest BCUT2D eigenvalue weighted by molar-refractivity contribution is 7.71. The topological polar surface area (TPSA) is 85.6 Å². The highest BCUT2D eigenvalue weighted by Crippen LogP contribution is 2.27. The van der Waals surface area contributed by atoms with Crippen LogP contribution in [0.4, 0.5) is 16.2 Å². The minimum atomic E-state index is -0.488.